The molecule has 4 rings (SSSR count). The highest BCUT2D eigenvalue weighted by Crippen LogP contribution is 2.39. The lowest BCUT2D eigenvalue weighted by Crippen LogP contribution is -1.80. The maximum absolute atomic E-state index is 5.27. The highest BCUT2D eigenvalue weighted by atomic mass is 32.1. The Morgan fingerprint density at radius 3 is 2.84 bits per heavy atom. The fourth-order valence-electron chi connectivity index (χ4n) is 2.48. The van der Waals surface area contributed by atoms with Crippen LogP contribution in [0, 0.1) is 0 Å². The van der Waals surface area contributed by atoms with Gasteiger partial charge >= 0.3 is 0 Å². The molecule has 0 spiro atoms. The van der Waals surface area contributed by atoms with E-state index in [2.05, 4.69) is 35.7 Å². The highest BCUT2D eigenvalue weighted by Gasteiger charge is 2.15. The zero-order valence-electron chi connectivity index (χ0n) is 10.4. The number of ether oxygens (including phenoxy) is 1. The van der Waals surface area contributed by atoms with Gasteiger partial charge in [0.25, 0.3) is 0 Å². The fraction of sp³-hybridized carbons (Fsp3) is 0.0625. The summed E-state index contributed by atoms with van der Waals surface area (Å²) in [6.45, 7) is 0. The van der Waals surface area contributed by atoms with E-state index in [1.54, 1.807) is 18.4 Å². The predicted octanol–water partition coefficient (Wildman–Crippen LogP) is 4.56. The molecule has 0 unspecified atom stereocenters. The molecular formula is C16H11NOS. The van der Waals surface area contributed by atoms with Crippen molar-refractivity contribution in [1.29, 1.82) is 0 Å². The van der Waals surface area contributed by atoms with Crippen molar-refractivity contribution in [3.63, 3.8) is 0 Å². The van der Waals surface area contributed by atoms with Gasteiger partial charge in [0.1, 0.15) is 5.75 Å². The summed E-state index contributed by atoms with van der Waals surface area (Å²) >= 11 is 1.76. The van der Waals surface area contributed by atoms with Crippen LogP contribution < -0.4 is 4.74 Å². The van der Waals surface area contributed by atoms with Crippen LogP contribution >= 0.6 is 11.3 Å². The van der Waals surface area contributed by atoms with Crippen LogP contribution in [0.3, 0.4) is 0 Å². The predicted molar refractivity (Wildman–Crippen MR) is 80.3 cm³/mol. The monoisotopic (exact) mass is 265 g/mol. The summed E-state index contributed by atoms with van der Waals surface area (Å²) in [5, 5.41) is 4.61. The number of hydrogen-bond donors (Lipinski definition) is 0. The Morgan fingerprint density at radius 1 is 1.05 bits per heavy atom. The molecule has 92 valence electrons. The molecule has 2 aliphatic rings. The summed E-state index contributed by atoms with van der Waals surface area (Å²) in [6, 6.07) is 14.5. The van der Waals surface area contributed by atoms with E-state index >= 15 is 0 Å². The Morgan fingerprint density at radius 2 is 1.95 bits per heavy atom. The lowest BCUT2D eigenvalue weighted by atomic mass is 10.1. The molecule has 0 aliphatic carbocycles. The molecule has 2 aromatic carbocycles. The van der Waals surface area contributed by atoms with E-state index in [0.717, 1.165) is 17.0 Å². The minimum Gasteiger partial charge on any atom is -0.497 e. The Balaban J connectivity index is 2.16. The minimum absolute atomic E-state index is 0.850. The largest absolute Gasteiger partial charge is 0.497 e. The van der Waals surface area contributed by atoms with Gasteiger partial charge in [-0.15, -0.1) is 11.3 Å². The van der Waals surface area contributed by atoms with Crippen LogP contribution in [-0.4, -0.2) is 12.1 Å². The molecule has 2 nitrogen and oxygen atoms in total. The second kappa shape index (κ2) is 3.93. The van der Waals surface area contributed by atoms with Crippen molar-refractivity contribution in [2.45, 2.75) is 0 Å². The van der Waals surface area contributed by atoms with Gasteiger partial charge in [0, 0.05) is 32.5 Å². The normalized spacial score (nSPS) is 11.4. The molecule has 0 atom stereocenters. The molecule has 3 heteroatoms. The van der Waals surface area contributed by atoms with Gasteiger partial charge in [-0.05, 0) is 18.2 Å². The second-order valence-electron chi connectivity index (χ2n) is 4.49. The molecule has 2 aliphatic heterocycles. The van der Waals surface area contributed by atoms with E-state index in [1.165, 1.54) is 21.0 Å². The van der Waals surface area contributed by atoms with E-state index in [0.29, 0.717) is 0 Å². The van der Waals surface area contributed by atoms with E-state index in [1.807, 2.05) is 12.1 Å². The zero-order valence-corrected chi connectivity index (χ0v) is 11.2. The SMILES string of the molecule is COc1ccc2c3csc4ccccc4c-3nc2c1. The van der Waals surface area contributed by atoms with Crippen LogP contribution in [0.5, 0.6) is 5.75 Å². The Hall–Kier alpha value is -2.13. The fourth-order valence-corrected chi connectivity index (χ4v) is 3.41. The second-order valence-corrected chi connectivity index (χ2v) is 5.40. The van der Waals surface area contributed by atoms with Gasteiger partial charge in [-0.3, -0.25) is 0 Å². The van der Waals surface area contributed by atoms with E-state index < -0.39 is 0 Å². The number of methoxy groups -OCH3 is 1. The van der Waals surface area contributed by atoms with Crippen molar-refractivity contribution >= 4 is 32.3 Å². The molecule has 0 N–H and O–H groups in total. The number of hydrogen-bond acceptors (Lipinski definition) is 3. The lowest BCUT2D eigenvalue weighted by molar-refractivity contribution is 0.415. The molecule has 0 radical (unpaired) electrons. The van der Waals surface area contributed by atoms with Gasteiger partial charge in [0.2, 0.25) is 0 Å². The van der Waals surface area contributed by atoms with Crippen molar-refractivity contribution in [3.8, 4) is 17.0 Å². The zero-order chi connectivity index (χ0) is 12.8. The molecule has 0 saturated heterocycles. The van der Waals surface area contributed by atoms with Gasteiger partial charge in [-0.25, -0.2) is 4.98 Å². The van der Waals surface area contributed by atoms with Crippen LogP contribution in [0.15, 0.2) is 47.8 Å². The minimum atomic E-state index is 0.850. The topological polar surface area (TPSA) is 22.1 Å². The lowest BCUT2D eigenvalue weighted by Gasteiger charge is -2.02. The van der Waals surface area contributed by atoms with Crippen LogP contribution in [0.1, 0.15) is 0 Å². The first-order chi connectivity index (χ1) is 9.36. The molecule has 19 heavy (non-hydrogen) atoms. The number of nitrogens with zero attached hydrogens (tertiary/aromatic N) is 1. The van der Waals surface area contributed by atoms with Crippen molar-refractivity contribution in [2.75, 3.05) is 7.11 Å². The van der Waals surface area contributed by atoms with E-state index in [4.69, 9.17) is 9.72 Å². The summed E-state index contributed by atoms with van der Waals surface area (Å²) in [6.07, 6.45) is 0. The summed E-state index contributed by atoms with van der Waals surface area (Å²) in [4.78, 5) is 4.78. The van der Waals surface area contributed by atoms with Crippen LogP contribution in [0.4, 0.5) is 0 Å². The molecule has 0 saturated carbocycles. The summed E-state index contributed by atoms with van der Waals surface area (Å²) in [5.74, 6) is 0.850. The third-order valence-electron chi connectivity index (χ3n) is 3.43. The van der Waals surface area contributed by atoms with Gasteiger partial charge in [0.05, 0.1) is 18.3 Å². The molecule has 2 aromatic rings. The number of rotatable bonds is 1. The first-order valence-corrected chi connectivity index (χ1v) is 6.98. The summed E-state index contributed by atoms with van der Waals surface area (Å²) in [5.41, 5.74) is 3.30. The van der Waals surface area contributed by atoms with Crippen LogP contribution in [-0.2, 0) is 0 Å². The third-order valence-corrected chi connectivity index (χ3v) is 4.39. The Bertz CT molecular complexity index is 865. The quantitative estimate of drug-likeness (QED) is 0.503. The molecule has 0 fully saturated rings. The maximum atomic E-state index is 5.27. The highest BCUT2D eigenvalue weighted by molar-refractivity contribution is 7.17. The summed E-state index contributed by atoms with van der Waals surface area (Å²) in [7, 11) is 1.68. The third kappa shape index (κ3) is 1.52. The average molecular weight is 265 g/mol. The van der Waals surface area contributed by atoms with Crippen molar-refractivity contribution in [3.05, 3.63) is 47.8 Å². The Labute approximate surface area is 114 Å². The first kappa shape index (κ1) is 10.8. The number of benzene rings is 2. The van der Waals surface area contributed by atoms with Crippen molar-refractivity contribution < 1.29 is 4.74 Å². The van der Waals surface area contributed by atoms with Crippen LogP contribution in [0.25, 0.3) is 32.2 Å². The van der Waals surface area contributed by atoms with Gasteiger partial charge in [-0.2, -0.15) is 0 Å². The van der Waals surface area contributed by atoms with Crippen LogP contribution in [0.2, 0.25) is 0 Å². The average Bonchev–Trinajstić information content (AvgIpc) is 2.85. The molecule has 2 heterocycles. The smallest absolute Gasteiger partial charge is 0.121 e. The first-order valence-electron chi connectivity index (χ1n) is 6.10. The molecule has 0 amide bonds. The molecule has 0 bridgehead atoms. The Kier molecular flexibility index (Phi) is 2.23. The van der Waals surface area contributed by atoms with Gasteiger partial charge in [-0.1, -0.05) is 18.2 Å². The van der Waals surface area contributed by atoms with Crippen molar-refractivity contribution in [1.82, 2.24) is 4.98 Å². The van der Waals surface area contributed by atoms with Crippen molar-refractivity contribution in [2.24, 2.45) is 0 Å². The molecule has 0 aromatic heterocycles. The molecular weight excluding hydrogens is 254 g/mol. The van der Waals surface area contributed by atoms with E-state index in [-0.39, 0.29) is 0 Å². The van der Waals surface area contributed by atoms with E-state index in [9.17, 15) is 0 Å². The van der Waals surface area contributed by atoms with Gasteiger partial charge < -0.3 is 4.74 Å². The van der Waals surface area contributed by atoms with Gasteiger partial charge in [0.15, 0.2) is 0 Å². The maximum Gasteiger partial charge on any atom is 0.121 e. The summed E-state index contributed by atoms with van der Waals surface area (Å²) < 4.78 is 6.54. The number of fused-ring (bicyclic) bond motifs is 5. The number of aromatic nitrogens is 1. The standard InChI is InChI=1S/C16H11NOS/c1-18-10-6-7-11-13-9-19-15-5-3-2-4-12(15)16(13)17-14(11)8-10/h2-9H,1H3.